The molecule has 6 aromatic rings. The maximum Gasteiger partial charge on any atom is 0.256 e. The van der Waals surface area contributed by atoms with Gasteiger partial charge in [0.25, 0.3) is 5.91 Å². The van der Waals surface area contributed by atoms with Gasteiger partial charge in [0.15, 0.2) is 22.7 Å². The second-order valence-electron chi connectivity index (χ2n) is 11.8. The zero-order valence-corrected chi connectivity index (χ0v) is 26.4. The first kappa shape index (κ1) is 31.2. The predicted molar refractivity (Wildman–Crippen MR) is 183 cm³/mol. The number of carbonyl (C=O) groups excluding carboxylic acids is 1. The van der Waals surface area contributed by atoms with Gasteiger partial charge in [0.05, 0.1) is 31.6 Å². The van der Waals surface area contributed by atoms with Crippen LogP contribution in [0, 0.1) is 0 Å². The SMILES string of the molecule is COc1ccc(CNC[C@H]2O[C@@](C(c3ccccc3)c3ccccc3)(n3cnc4c(NC(=O)c5ccccc5)ncnc43)C[C@@H]2O)cc1. The van der Waals surface area contributed by atoms with Gasteiger partial charge < -0.3 is 25.2 Å². The predicted octanol–water partition coefficient (Wildman–Crippen LogP) is 5.51. The van der Waals surface area contributed by atoms with Gasteiger partial charge in [-0.3, -0.25) is 9.36 Å². The van der Waals surface area contributed by atoms with Crippen LogP contribution in [0.4, 0.5) is 5.82 Å². The second-order valence-corrected chi connectivity index (χ2v) is 11.8. The van der Waals surface area contributed by atoms with E-state index in [0.29, 0.717) is 29.8 Å². The summed E-state index contributed by atoms with van der Waals surface area (Å²) in [5, 5.41) is 18.1. The van der Waals surface area contributed by atoms with E-state index >= 15 is 0 Å². The lowest BCUT2D eigenvalue weighted by molar-refractivity contribution is -0.111. The van der Waals surface area contributed by atoms with E-state index in [-0.39, 0.29) is 24.1 Å². The van der Waals surface area contributed by atoms with Crippen molar-refractivity contribution in [2.24, 2.45) is 0 Å². The number of benzene rings is 4. The normalized spacial score (nSPS) is 19.1. The number of ether oxygens (including phenoxy) is 2. The average Bonchev–Trinajstić information content (AvgIpc) is 3.72. The van der Waals surface area contributed by atoms with E-state index in [0.717, 1.165) is 22.4 Å². The zero-order chi connectivity index (χ0) is 32.9. The molecule has 1 saturated heterocycles. The van der Waals surface area contributed by atoms with Crippen LogP contribution in [0.5, 0.6) is 5.75 Å². The fraction of sp³-hybridized carbons (Fsp3) is 0.211. The highest BCUT2D eigenvalue weighted by Gasteiger charge is 2.54. The van der Waals surface area contributed by atoms with Crippen molar-refractivity contribution in [1.29, 1.82) is 0 Å². The Morgan fingerprint density at radius 1 is 0.917 bits per heavy atom. The molecule has 0 radical (unpaired) electrons. The molecule has 1 amide bonds. The standard InChI is InChI=1S/C38H36N6O4/c1-47-30-19-17-26(18-20-30)22-39-23-32-31(45)21-38(48-32,33(27-11-5-2-6-12-27)28-13-7-3-8-14-28)44-25-42-34-35(40-24-41-36(34)44)43-37(46)29-15-9-4-10-16-29/h2-20,24-25,31-33,39,45H,21-23H2,1H3,(H,40,41,43,46)/t31-,32+,38-/m0/s1. The van der Waals surface area contributed by atoms with Crippen molar-refractivity contribution in [1.82, 2.24) is 24.8 Å². The number of methoxy groups -OCH3 is 1. The molecular weight excluding hydrogens is 604 g/mol. The number of hydrogen-bond donors (Lipinski definition) is 3. The van der Waals surface area contributed by atoms with Gasteiger partial charge in [-0.2, -0.15) is 0 Å². The maximum absolute atomic E-state index is 13.1. The number of rotatable bonds is 11. The summed E-state index contributed by atoms with van der Waals surface area (Å²) in [4.78, 5) is 26.9. The highest BCUT2D eigenvalue weighted by molar-refractivity contribution is 6.06. The number of nitrogens with zero attached hydrogens (tertiary/aromatic N) is 4. The molecule has 10 nitrogen and oxygen atoms in total. The molecule has 3 heterocycles. The van der Waals surface area contributed by atoms with Gasteiger partial charge >= 0.3 is 0 Å². The van der Waals surface area contributed by atoms with Crippen LogP contribution in [0.2, 0.25) is 0 Å². The third-order valence-corrected chi connectivity index (χ3v) is 8.85. The molecule has 0 bridgehead atoms. The van der Waals surface area contributed by atoms with Gasteiger partial charge in [-0.05, 0) is 41.0 Å². The van der Waals surface area contributed by atoms with Crippen LogP contribution in [-0.4, -0.2) is 56.4 Å². The molecule has 2 aromatic heterocycles. The van der Waals surface area contributed by atoms with E-state index in [2.05, 4.69) is 44.9 Å². The van der Waals surface area contributed by atoms with Crippen LogP contribution in [-0.2, 0) is 17.0 Å². The minimum Gasteiger partial charge on any atom is -0.497 e. The van der Waals surface area contributed by atoms with Crippen LogP contribution >= 0.6 is 0 Å². The molecule has 0 unspecified atom stereocenters. The lowest BCUT2D eigenvalue weighted by Gasteiger charge is -2.39. The van der Waals surface area contributed by atoms with Crippen molar-refractivity contribution in [3.05, 3.63) is 150 Å². The number of amides is 1. The summed E-state index contributed by atoms with van der Waals surface area (Å²) in [6.45, 7) is 1.00. The van der Waals surface area contributed by atoms with Crippen molar-refractivity contribution in [2.75, 3.05) is 19.0 Å². The Hall–Kier alpha value is -5.42. The van der Waals surface area contributed by atoms with Crippen molar-refractivity contribution in [3.63, 3.8) is 0 Å². The number of imidazole rings is 1. The number of anilines is 1. The smallest absolute Gasteiger partial charge is 0.256 e. The van der Waals surface area contributed by atoms with Gasteiger partial charge in [0.1, 0.15) is 12.1 Å². The van der Waals surface area contributed by atoms with Crippen molar-refractivity contribution >= 4 is 22.9 Å². The van der Waals surface area contributed by atoms with E-state index in [9.17, 15) is 9.90 Å². The molecule has 242 valence electrons. The Morgan fingerprint density at radius 2 is 1.56 bits per heavy atom. The number of fused-ring (bicyclic) bond motifs is 1. The summed E-state index contributed by atoms with van der Waals surface area (Å²) in [7, 11) is 1.65. The van der Waals surface area contributed by atoms with Crippen molar-refractivity contribution < 1.29 is 19.4 Å². The van der Waals surface area contributed by atoms with Crippen LogP contribution in [0.3, 0.4) is 0 Å². The average molecular weight is 641 g/mol. The van der Waals surface area contributed by atoms with Crippen molar-refractivity contribution in [2.45, 2.75) is 36.8 Å². The molecule has 1 aliphatic heterocycles. The number of hydrogen-bond acceptors (Lipinski definition) is 8. The van der Waals surface area contributed by atoms with Crippen LogP contribution in [0.25, 0.3) is 11.2 Å². The number of aliphatic hydroxyl groups excluding tert-OH is 1. The summed E-state index contributed by atoms with van der Waals surface area (Å²) >= 11 is 0. The Kier molecular flexibility index (Phi) is 8.93. The number of carbonyl (C=O) groups is 1. The van der Waals surface area contributed by atoms with Gasteiger partial charge in [0, 0.05) is 25.1 Å². The molecule has 3 N–H and O–H groups in total. The van der Waals surface area contributed by atoms with Crippen molar-refractivity contribution in [3.8, 4) is 5.75 Å². The molecule has 0 saturated carbocycles. The Balaban J connectivity index is 1.28. The number of nitrogens with one attached hydrogen (secondary N) is 2. The third-order valence-electron chi connectivity index (χ3n) is 8.85. The molecular formula is C38H36N6O4. The fourth-order valence-corrected chi connectivity index (χ4v) is 6.56. The van der Waals surface area contributed by atoms with Crippen LogP contribution < -0.4 is 15.4 Å². The molecule has 1 fully saturated rings. The molecule has 48 heavy (non-hydrogen) atoms. The molecule has 0 spiro atoms. The number of aliphatic hydroxyl groups is 1. The van der Waals surface area contributed by atoms with Gasteiger partial charge in [-0.25, -0.2) is 15.0 Å². The topological polar surface area (TPSA) is 123 Å². The minimum absolute atomic E-state index is 0.261. The maximum atomic E-state index is 13.1. The molecule has 1 aliphatic rings. The molecule has 0 aliphatic carbocycles. The minimum atomic E-state index is -1.14. The number of aromatic nitrogens is 4. The largest absolute Gasteiger partial charge is 0.497 e. The molecule has 10 heteroatoms. The summed E-state index contributed by atoms with van der Waals surface area (Å²) < 4.78 is 14.3. The first-order valence-electron chi connectivity index (χ1n) is 15.9. The first-order valence-corrected chi connectivity index (χ1v) is 15.9. The third kappa shape index (κ3) is 6.16. The summed E-state index contributed by atoms with van der Waals surface area (Å²) in [5.41, 5.74) is 3.36. The van der Waals surface area contributed by atoms with E-state index in [1.54, 1.807) is 37.7 Å². The molecule has 4 aromatic carbocycles. The summed E-state index contributed by atoms with van der Waals surface area (Å²) in [5.74, 6) is 0.429. The monoisotopic (exact) mass is 640 g/mol. The summed E-state index contributed by atoms with van der Waals surface area (Å²) in [6, 6.07) is 37.1. The Labute approximate surface area is 278 Å². The quantitative estimate of drug-likeness (QED) is 0.169. The Morgan fingerprint density at radius 3 is 2.21 bits per heavy atom. The lowest BCUT2D eigenvalue weighted by Crippen LogP contribution is -2.42. The van der Waals surface area contributed by atoms with E-state index in [1.807, 2.05) is 71.3 Å². The summed E-state index contributed by atoms with van der Waals surface area (Å²) in [6.07, 6.45) is 2.00. The fourth-order valence-electron chi connectivity index (χ4n) is 6.56. The molecule has 7 rings (SSSR count). The van der Waals surface area contributed by atoms with E-state index < -0.39 is 17.9 Å². The highest BCUT2D eigenvalue weighted by atomic mass is 16.5. The first-order chi connectivity index (χ1) is 23.6. The van der Waals surface area contributed by atoms with E-state index in [4.69, 9.17) is 14.5 Å². The Bertz CT molecular complexity index is 1930. The van der Waals surface area contributed by atoms with Crippen LogP contribution in [0.15, 0.2) is 128 Å². The van der Waals surface area contributed by atoms with E-state index in [1.165, 1.54) is 6.33 Å². The second kappa shape index (κ2) is 13.7. The highest BCUT2D eigenvalue weighted by Crippen LogP contribution is 2.50. The molecule has 3 atom stereocenters. The van der Waals surface area contributed by atoms with Crippen LogP contribution in [0.1, 0.15) is 39.4 Å². The van der Waals surface area contributed by atoms with Gasteiger partial charge in [-0.15, -0.1) is 0 Å². The van der Waals surface area contributed by atoms with Gasteiger partial charge in [0.2, 0.25) is 0 Å². The van der Waals surface area contributed by atoms with Gasteiger partial charge in [-0.1, -0.05) is 91.0 Å². The lowest BCUT2D eigenvalue weighted by atomic mass is 9.80. The zero-order valence-electron chi connectivity index (χ0n) is 26.4.